The smallest absolute Gasteiger partial charge is 0.208 e. The van der Waals surface area contributed by atoms with Crippen molar-refractivity contribution in [2.45, 2.75) is 26.3 Å². The van der Waals surface area contributed by atoms with Crippen LogP contribution in [0.15, 0.2) is 10.6 Å². The third kappa shape index (κ3) is 1.67. The summed E-state index contributed by atoms with van der Waals surface area (Å²) in [4.78, 5) is 6.55. The number of aryl methyl sites for hydroxylation is 1. The Kier molecular flexibility index (Phi) is 2.13. The quantitative estimate of drug-likeness (QED) is 0.668. The summed E-state index contributed by atoms with van der Waals surface area (Å²) in [6.45, 7) is 5.21. The van der Waals surface area contributed by atoms with Crippen LogP contribution in [0.1, 0.15) is 24.5 Å². The molecule has 0 aromatic carbocycles. The number of rotatable bonds is 2. The first-order chi connectivity index (χ1) is 5.84. The van der Waals surface area contributed by atoms with Gasteiger partial charge < -0.3 is 4.42 Å². The van der Waals surface area contributed by atoms with Gasteiger partial charge in [-0.25, -0.2) is 4.98 Å². The largest absolute Gasteiger partial charge is 0.445 e. The summed E-state index contributed by atoms with van der Waals surface area (Å²) < 4.78 is 5.39. The molecule has 0 radical (unpaired) electrons. The van der Waals surface area contributed by atoms with Crippen LogP contribution in [-0.2, 0) is 6.54 Å². The Morgan fingerprint density at radius 3 is 2.83 bits per heavy atom. The average Bonchev–Trinajstić information content (AvgIpc) is 2.63. The Bertz CT molecular complexity index is 251. The molecular weight excluding hydrogens is 152 g/mol. The van der Waals surface area contributed by atoms with Crippen LogP contribution in [0.4, 0.5) is 0 Å². The van der Waals surface area contributed by atoms with Crippen molar-refractivity contribution < 1.29 is 4.42 Å². The van der Waals surface area contributed by atoms with E-state index in [0.717, 1.165) is 18.2 Å². The molecule has 0 N–H and O–H groups in total. The second-order valence-electron chi connectivity index (χ2n) is 3.35. The molecule has 12 heavy (non-hydrogen) atoms. The Balaban J connectivity index is 1.94. The predicted octanol–water partition coefficient (Wildman–Crippen LogP) is 1.58. The van der Waals surface area contributed by atoms with Crippen molar-refractivity contribution >= 4 is 0 Å². The highest BCUT2D eigenvalue weighted by atomic mass is 16.4. The molecule has 0 amide bonds. The van der Waals surface area contributed by atoms with Crippen LogP contribution >= 0.6 is 0 Å². The summed E-state index contributed by atoms with van der Waals surface area (Å²) in [6.07, 6.45) is 4.42. The normalized spacial score (nSPS) is 18.8. The molecule has 0 spiro atoms. The number of hydrogen-bond acceptors (Lipinski definition) is 3. The average molecular weight is 166 g/mol. The van der Waals surface area contributed by atoms with Crippen molar-refractivity contribution in [3.05, 3.63) is 17.8 Å². The molecule has 66 valence electrons. The van der Waals surface area contributed by atoms with Crippen LogP contribution in [0.25, 0.3) is 0 Å². The fourth-order valence-electron chi connectivity index (χ4n) is 1.61. The van der Waals surface area contributed by atoms with Crippen LogP contribution < -0.4 is 0 Å². The predicted molar refractivity (Wildman–Crippen MR) is 45.8 cm³/mol. The van der Waals surface area contributed by atoms with E-state index in [-0.39, 0.29) is 0 Å². The zero-order chi connectivity index (χ0) is 8.39. The van der Waals surface area contributed by atoms with Gasteiger partial charge in [-0.2, -0.15) is 0 Å². The highest BCUT2D eigenvalue weighted by Gasteiger charge is 2.13. The molecule has 1 aromatic heterocycles. The second-order valence-corrected chi connectivity index (χ2v) is 3.35. The minimum absolute atomic E-state index is 0.856. The van der Waals surface area contributed by atoms with Crippen molar-refractivity contribution in [2.24, 2.45) is 0 Å². The van der Waals surface area contributed by atoms with Gasteiger partial charge in [0, 0.05) is 0 Å². The lowest BCUT2D eigenvalue weighted by Gasteiger charge is -2.10. The molecule has 0 atom stereocenters. The van der Waals surface area contributed by atoms with E-state index in [1.54, 1.807) is 6.20 Å². The first-order valence-electron chi connectivity index (χ1n) is 4.48. The van der Waals surface area contributed by atoms with Gasteiger partial charge in [0.05, 0.1) is 12.7 Å². The fourth-order valence-corrected chi connectivity index (χ4v) is 1.61. The van der Waals surface area contributed by atoms with E-state index in [2.05, 4.69) is 9.88 Å². The molecule has 2 heterocycles. The summed E-state index contributed by atoms with van der Waals surface area (Å²) in [5.41, 5.74) is 0. The minimum Gasteiger partial charge on any atom is -0.445 e. The summed E-state index contributed by atoms with van der Waals surface area (Å²) in [6, 6.07) is 0. The Hall–Kier alpha value is -0.830. The van der Waals surface area contributed by atoms with Crippen molar-refractivity contribution in [3.63, 3.8) is 0 Å². The molecule has 0 saturated carbocycles. The molecule has 1 fully saturated rings. The lowest BCUT2D eigenvalue weighted by Crippen LogP contribution is -2.18. The third-order valence-electron chi connectivity index (χ3n) is 2.23. The monoisotopic (exact) mass is 166 g/mol. The van der Waals surface area contributed by atoms with Crippen LogP contribution in [0.2, 0.25) is 0 Å². The van der Waals surface area contributed by atoms with E-state index in [1.165, 1.54) is 25.9 Å². The van der Waals surface area contributed by atoms with Crippen LogP contribution in [0.5, 0.6) is 0 Å². The number of oxazole rings is 1. The van der Waals surface area contributed by atoms with Crippen molar-refractivity contribution in [1.29, 1.82) is 0 Å². The molecule has 3 heteroatoms. The number of hydrogen-bond donors (Lipinski definition) is 0. The van der Waals surface area contributed by atoms with E-state index in [0.29, 0.717) is 0 Å². The van der Waals surface area contributed by atoms with Crippen molar-refractivity contribution in [1.82, 2.24) is 9.88 Å². The SMILES string of the molecule is Cc1cnc(CN2CCCC2)o1. The first-order valence-corrected chi connectivity index (χ1v) is 4.48. The van der Waals surface area contributed by atoms with Gasteiger partial charge in [0.25, 0.3) is 0 Å². The van der Waals surface area contributed by atoms with Gasteiger partial charge in [-0.3, -0.25) is 4.90 Å². The maximum atomic E-state index is 5.39. The zero-order valence-corrected chi connectivity index (χ0v) is 7.42. The van der Waals surface area contributed by atoms with Crippen LogP contribution in [0.3, 0.4) is 0 Å². The maximum absolute atomic E-state index is 5.39. The first kappa shape index (κ1) is 7.80. The minimum atomic E-state index is 0.856. The van der Waals surface area contributed by atoms with Gasteiger partial charge in [-0.15, -0.1) is 0 Å². The lowest BCUT2D eigenvalue weighted by molar-refractivity contribution is 0.288. The van der Waals surface area contributed by atoms with Gasteiger partial charge in [0.15, 0.2) is 0 Å². The molecule has 0 bridgehead atoms. The van der Waals surface area contributed by atoms with Gasteiger partial charge in [-0.1, -0.05) is 0 Å². The van der Waals surface area contributed by atoms with Crippen molar-refractivity contribution in [3.8, 4) is 0 Å². The van der Waals surface area contributed by atoms with Crippen LogP contribution in [0, 0.1) is 6.92 Å². The lowest BCUT2D eigenvalue weighted by atomic mass is 10.4. The topological polar surface area (TPSA) is 29.3 Å². The maximum Gasteiger partial charge on any atom is 0.208 e. The number of likely N-dealkylation sites (tertiary alicyclic amines) is 1. The fraction of sp³-hybridized carbons (Fsp3) is 0.667. The molecule has 3 nitrogen and oxygen atoms in total. The van der Waals surface area contributed by atoms with Crippen molar-refractivity contribution in [2.75, 3.05) is 13.1 Å². The Morgan fingerprint density at radius 1 is 1.50 bits per heavy atom. The van der Waals surface area contributed by atoms with E-state index in [9.17, 15) is 0 Å². The molecule has 1 aliphatic heterocycles. The van der Waals surface area contributed by atoms with E-state index in [4.69, 9.17) is 4.42 Å². The highest BCUT2D eigenvalue weighted by Crippen LogP contribution is 2.12. The van der Waals surface area contributed by atoms with Crippen LogP contribution in [-0.4, -0.2) is 23.0 Å². The van der Waals surface area contributed by atoms with Gasteiger partial charge in [0.1, 0.15) is 5.76 Å². The van der Waals surface area contributed by atoms with Gasteiger partial charge in [-0.05, 0) is 32.9 Å². The zero-order valence-electron chi connectivity index (χ0n) is 7.42. The standard InChI is InChI=1S/C9H14N2O/c1-8-6-10-9(12-8)7-11-4-2-3-5-11/h6H,2-5,7H2,1H3. The van der Waals surface area contributed by atoms with E-state index in [1.807, 2.05) is 6.92 Å². The molecular formula is C9H14N2O. The number of nitrogens with zero attached hydrogens (tertiary/aromatic N) is 2. The Labute approximate surface area is 72.4 Å². The van der Waals surface area contributed by atoms with E-state index >= 15 is 0 Å². The molecule has 0 aliphatic carbocycles. The number of aromatic nitrogens is 1. The summed E-state index contributed by atoms with van der Waals surface area (Å²) >= 11 is 0. The Morgan fingerprint density at radius 2 is 2.25 bits per heavy atom. The molecule has 1 aliphatic rings. The van der Waals surface area contributed by atoms with Gasteiger partial charge in [0.2, 0.25) is 5.89 Å². The second kappa shape index (κ2) is 3.27. The molecule has 2 rings (SSSR count). The molecule has 1 saturated heterocycles. The summed E-state index contributed by atoms with van der Waals surface area (Å²) in [7, 11) is 0. The van der Waals surface area contributed by atoms with E-state index < -0.39 is 0 Å². The van der Waals surface area contributed by atoms with Gasteiger partial charge >= 0.3 is 0 Å². The summed E-state index contributed by atoms with van der Waals surface area (Å²) in [5.74, 6) is 1.76. The third-order valence-corrected chi connectivity index (χ3v) is 2.23. The summed E-state index contributed by atoms with van der Waals surface area (Å²) in [5, 5.41) is 0. The highest BCUT2D eigenvalue weighted by molar-refractivity contribution is 4.91. The molecule has 1 aromatic rings. The molecule has 0 unspecified atom stereocenters.